The minimum atomic E-state index is -0.409. The number of hydrogen-bond donors (Lipinski definition) is 0. The second kappa shape index (κ2) is 8.28. The van der Waals surface area contributed by atoms with Crippen molar-refractivity contribution in [3.63, 3.8) is 0 Å². The topological polar surface area (TPSA) is 52.6 Å². The van der Waals surface area contributed by atoms with Crippen LogP contribution in [0.5, 0.6) is 0 Å². The molecule has 0 atom stereocenters. The summed E-state index contributed by atoms with van der Waals surface area (Å²) in [5, 5.41) is 0. The van der Waals surface area contributed by atoms with E-state index in [0.29, 0.717) is 12.8 Å². The molecule has 0 aliphatic rings. The molecule has 0 aliphatic carbocycles. The van der Waals surface area contributed by atoms with Crippen LogP contribution in [0, 0.1) is 0 Å². The molecule has 0 fully saturated rings. The van der Waals surface area contributed by atoms with E-state index >= 15 is 0 Å². The Hall–Kier alpha value is -1.06. The van der Waals surface area contributed by atoms with E-state index in [1.54, 1.807) is 0 Å². The van der Waals surface area contributed by atoms with Gasteiger partial charge in [0.2, 0.25) is 0 Å². The van der Waals surface area contributed by atoms with Crippen LogP contribution in [0.1, 0.15) is 80.1 Å². The van der Waals surface area contributed by atoms with Gasteiger partial charge < -0.3 is 9.47 Å². The lowest BCUT2D eigenvalue weighted by atomic mass is 10.1. The zero-order chi connectivity index (χ0) is 15.8. The molecule has 4 nitrogen and oxygen atoms in total. The Balaban J connectivity index is 3.54. The van der Waals surface area contributed by atoms with Crippen LogP contribution in [-0.4, -0.2) is 23.1 Å². The number of unbranched alkanes of at least 4 members (excludes halogenated alkanes) is 3. The molecule has 0 unspecified atom stereocenters. The maximum absolute atomic E-state index is 11.5. The van der Waals surface area contributed by atoms with E-state index in [0.717, 1.165) is 25.7 Å². The van der Waals surface area contributed by atoms with Gasteiger partial charge in [0, 0.05) is 12.8 Å². The zero-order valence-corrected chi connectivity index (χ0v) is 13.9. The van der Waals surface area contributed by atoms with Gasteiger partial charge in [0.05, 0.1) is 0 Å². The van der Waals surface area contributed by atoms with Crippen LogP contribution in [-0.2, 0) is 19.1 Å². The monoisotopic (exact) mass is 286 g/mol. The number of esters is 2. The molecule has 0 saturated carbocycles. The Bertz CT molecular complexity index is 275. The SMILES string of the molecule is CC(C)(C)OC(=O)CCCCCCC(=O)OC(C)(C)C. The first kappa shape index (κ1) is 18.9. The van der Waals surface area contributed by atoms with Crippen molar-refractivity contribution in [2.75, 3.05) is 0 Å². The first-order valence-electron chi connectivity index (χ1n) is 7.43. The van der Waals surface area contributed by atoms with Gasteiger partial charge in [-0.15, -0.1) is 0 Å². The summed E-state index contributed by atoms with van der Waals surface area (Å²) >= 11 is 0. The predicted octanol–water partition coefficient (Wildman–Crippen LogP) is 4.01. The normalized spacial score (nSPS) is 12.1. The Morgan fingerprint density at radius 1 is 0.650 bits per heavy atom. The van der Waals surface area contributed by atoms with E-state index in [9.17, 15) is 9.59 Å². The Morgan fingerprint density at radius 3 is 1.20 bits per heavy atom. The van der Waals surface area contributed by atoms with Crippen molar-refractivity contribution in [3.8, 4) is 0 Å². The molecule has 0 aromatic carbocycles. The third-order valence-electron chi connectivity index (χ3n) is 2.35. The lowest BCUT2D eigenvalue weighted by Gasteiger charge is -2.19. The van der Waals surface area contributed by atoms with Crippen molar-refractivity contribution in [3.05, 3.63) is 0 Å². The highest BCUT2D eigenvalue weighted by Gasteiger charge is 2.16. The number of ether oxygens (including phenoxy) is 2. The average Bonchev–Trinajstić information content (AvgIpc) is 2.17. The molecular weight excluding hydrogens is 256 g/mol. The first-order chi connectivity index (χ1) is 8.99. The van der Waals surface area contributed by atoms with Crippen molar-refractivity contribution in [1.82, 2.24) is 0 Å². The average molecular weight is 286 g/mol. The standard InChI is InChI=1S/C16H30O4/c1-15(2,3)19-13(17)11-9-7-8-10-12-14(18)20-16(4,5)6/h7-12H2,1-6H3. The van der Waals surface area contributed by atoms with Crippen molar-refractivity contribution in [2.24, 2.45) is 0 Å². The Labute approximate surface area is 123 Å². The van der Waals surface area contributed by atoms with Crippen molar-refractivity contribution >= 4 is 11.9 Å². The highest BCUT2D eigenvalue weighted by molar-refractivity contribution is 5.70. The van der Waals surface area contributed by atoms with E-state index < -0.39 is 11.2 Å². The van der Waals surface area contributed by atoms with E-state index in [4.69, 9.17) is 9.47 Å². The number of rotatable bonds is 7. The van der Waals surface area contributed by atoms with E-state index in [-0.39, 0.29) is 11.9 Å². The summed E-state index contributed by atoms with van der Waals surface area (Å²) in [4.78, 5) is 22.9. The maximum atomic E-state index is 11.5. The van der Waals surface area contributed by atoms with E-state index in [2.05, 4.69) is 0 Å². The molecule has 0 aliphatic heterocycles. The van der Waals surface area contributed by atoms with Crippen molar-refractivity contribution in [1.29, 1.82) is 0 Å². The molecule has 0 spiro atoms. The minimum Gasteiger partial charge on any atom is -0.460 e. The highest BCUT2D eigenvalue weighted by Crippen LogP contribution is 2.13. The van der Waals surface area contributed by atoms with Crippen LogP contribution >= 0.6 is 0 Å². The van der Waals surface area contributed by atoms with Gasteiger partial charge in [0.25, 0.3) is 0 Å². The fraction of sp³-hybridized carbons (Fsp3) is 0.875. The van der Waals surface area contributed by atoms with Crippen LogP contribution in [0.25, 0.3) is 0 Å². The molecule has 0 bridgehead atoms. The summed E-state index contributed by atoms with van der Waals surface area (Å²) in [6.45, 7) is 11.2. The van der Waals surface area contributed by atoms with Gasteiger partial charge >= 0.3 is 11.9 Å². The molecule has 0 rings (SSSR count). The summed E-state index contributed by atoms with van der Waals surface area (Å²) in [5.41, 5.74) is -0.818. The van der Waals surface area contributed by atoms with Gasteiger partial charge in [-0.1, -0.05) is 12.8 Å². The van der Waals surface area contributed by atoms with Gasteiger partial charge in [-0.25, -0.2) is 0 Å². The second-order valence-corrected chi connectivity index (χ2v) is 7.09. The van der Waals surface area contributed by atoms with Crippen molar-refractivity contribution in [2.45, 2.75) is 91.3 Å². The fourth-order valence-electron chi connectivity index (χ4n) is 1.68. The predicted molar refractivity (Wildman–Crippen MR) is 79.4 cm³/mol. The highest BCUT2D eigenvalue weighted by atomic mass is 16.6. The van der Waals surface area contributed by atoms with Gasteiger partial charge in [-0.05, 0) is 54.4 Å². The molecule has 0 saturated heterocycles. The largest absolute Gasteiger partial charge is 0.460 e. The number of carbonyl (C=O) groups excluding carboxylic acids is 2. The van der Waals surface area contributed by atoms with Gasteiger partial charge in [-0.2, -0.15) is 0 Å². The van der Waals surface area contributed by atoms with Gasteiger partial charge in [0.15, 0.2) is 0 Å². The molecular formula is C16H30O4. The van der Waals surface area contributed by atoms with Crippen molar-refractivity contribution < 1.29 is 19.1 Å². The molecule has 20 heavy (non-hydrogen) atoms. The molecule has 4 heteroatoms. The second-order valence-electron chi connectivity index (χ2n) is 7.09. The number of hydrogen-bond acceptors (Lipinski definition) is 4. The third-order valence-corrected chi connectivity index (χ3v) is 2.35. The van der Waals surface area contributed by atoms with Crippen LogP contribution in [0.4, 0.5) is 0 Å². The zero-order valence-electron chi connectivity index (χ0n) is 13.9. The van der Waals surface area contributed by atoms with Gasteiger partial charge in [-0.3, -0.25) is 9.59 Å². The molecule has 0 N–H and O–H groups in total. The summed E-state index contributed by atoms with van der Waals surface area (Å²) in [6, 6.07) is 0. The lowest BCUT2D eigenvalue weighted by Crippen LogP contribution is -2.23. The summed E-state index contributed by atoms with van der Waals surface area (Å²) < 4.78 is 10.4. The van der Waals surface area contributed by atoms with Crippen LogP contribution in [0.15, 0.2) is 0 Å². The van der Waals surface area contributed by atoms with Gasteiger partial charge in [0.1, 0.15) is 11.2 Å². The van der Waals surface area contributed by atoms with Crippen LogP contribution in [0.2, 0.25) is 0 Å². The quantitative estimate of drug-likeness (QED) is 0.524. The lowest BCUT2D eigenvalue weighted by molar-refractivity contribution is -0.156. The molecule has 0 aromatic heterocycles. The first-order valence-corrected chi connectivity index (χ1v) is 7.43. The van der Waals surface area contributed by atoms with E-state index in [1.165, 1.54) is 0 Å². The third kappa shape index (κ3) is 13.4. The summed E-state index contributed by atoms with van der Waals surface area (Å²) in [7, 11) is 0. The Kier molecular flexibility index (Phi) is 7.84. The summed E-state index contributed by atoms with van der Waals surface area (Å²) in [5.74, 6) is -0.297. The van der Waals surface area contributed by atoms with Crippen LogP contribution < -0.4 is 0 Å². The minimum absolute atomic E-state index is 0.148. The molecule has 118 valence electrons. The molecule has 0 heterocycles. The van der Waals surface area contributed by atoms with E-state index in [1.807, 2.05) is 41.5 Å². The molecule has 0 radical (unpaired) electrons. The Morgan fingerprint density at radius 2 is 0.950 bits per heavy atom. The maximum Gasteiger partial charge on any atom is 0.306 e. The smallest absolute Gasteiger partial charge is 0.306 e. The molecule has 0 aromatic rings. The number of carbonyl (C=O) groups is 2. The van der Waals surface area contributed by atoms with Crippen LogP contribution in [0.3, 0.4) is 0 Å². The fourth-order valence-corrected chi connectivity index (χ4v) is 1.68. The molecule has 0 amide bonds. The summed E-state index contributed by atoms with van der Waals surface area (Å²) in [6.07, 6.45) is 4.38.